The molecule has 1 aromatic heterocycles. The van der Waals surface area contributed by atoms with Gasteiger partial charge in [-0.1, -0.05) is 24.3 Å². The number of methoxy groups -OCH3 is 1. The summed E-state index contributed by atoms with van der Waals surface area (Å²) in [7, 11) is 1.30. The molecule has 2 atom stereocenters. The number of Topliss-reactive ketones (excluding diaryl/α,β-unsaturated/α-hetero) is 2. The molecule has 0 saturated heterocycles. The van der Waals surface area contributed by atoms with E-state index in [-0.39, 0.29) is 75.6 Å². The van der Waals surface area contributed by atoms with Gasteiger partial charge in [-0.2, -0.15) is 0 Å². The van der Waals surface area contributed by atoms with Gasteiger partial charge in [-0.05, 0) is 43.4 Å². The van der Waals surface area contributed by atoms with E-state index in [1.54, 1.807) is 0 Å². The van der Waals surface area contributed by atoms with Crippen LogP contribution in [0.5, 0.6) is 0 Å². The number of aryl methyl sites for hydroxylation is 1. The molecule has 0 radical (unpaired) electrons. The lowest BCUT2D eigenvalue weighted by Gasteiger charge is -2.16. The summed E-state index contributed by atoms with van der Waals surface area (Å²) in [5.74, 6) is -1.19. The number of carbonyl (C=O) groups excluding carboxylic acids is 4. The van der Waals surface area contributed by atoms with E-state index in [1.165, 1.54) is 20.1 Å². The second-order valence-electron chi connectivity index (χ2n) is 11.1. The maximum Gasteiger partial charge on any atom is 0.336 e. The molecule has 0 aliphatic carbocycles. The van der Waals surface area contributed by atoms with Crippen LogP contribution < -0.4 is 17.1 Å². The average Bonchev–Trinajstić information content (AvgIpc) is 3.00. The van der Waals surface area contributed by atoms with Crippen LogP contribution in [0, 0.1) is 6.92 Å². The van der Waals surface area contributed by atoms with Crippen molar-refractivity contribution < 1.29 is 38.9 Å². The first-order valence-electron chi connectivity index (χ1n) is 15.0. The number of aromatic nitrogens is 3. The number of hydrogen-bond donors (Lipinski definition) is 2. The maximum absolute atomic E-state index is 12.8. The first kappa shape index (κ1) is 37.8. The summed E-state index contributed by atoms with van der Waals surface area (Å²) in [6, 6.07) is 5.46. The Kier molecular flexibility index (Phi) is 15.2. The van der Waals surface area contributed by atoms with Crippen molar-refractivity contribution in [2.45, 2.75) is 97.1 Å². The fourth-order valence-electron chi connectivity index (χ4n) is 4.67. The summed E-state index contributed by atoms with van der Waals surface area (Å²) in [5, 5.41) is 20.0. The summed E-state index contributed by atoms with van der Waals surface area (Å²) in [4.78, 5) is 86.4. The van der Waals surface area contributed by atoms with E-state index in [0.29, 0.717) is 15.6 Å². The van der Waals surface area contributed by atoms with Crippen LogP contribution >= 0.6 is 0 Å². The number of benzene rings is 1. The summed E-state index contributed by atoms with van der Waals surface area (Å²) >= 11 is 0. The van der Waals surface area contributed by atoms with E-state index < -0.39 is 48.4 Å². The van der Waals surface area contributed by atoms with Crippen LogP contribution in [-0.2, 0) is 61.1 Å². The molecule has 0 fully saturated rings. The lowest BCUT2D eigenvalue weighted by molar-refractivity contribution is -0.147. The summed E-state index contributed by atoms with van der Waals surface area (Å²) < 4.78 is 11.7. The van der Waals surface area contributed by atoms with Crippen molar-refractivity contribution in [2.24, 2.45) is 0 Å². The molecule has 2 N–H and O–H groups in total. The first-order valence-corrected chi connectivity index (χ1v) is 15.0. The van der Waals surface area contributed by atoms with Gasteiger partial charge in [0.2, 0.25) is 0 Å². The number of allylic oxidation sites excluding steroid dienone is 1. The third-order valence-electron chi connectivity index (χ3n) is 7.08. The molecule has 0 spiro atoms. The van der Waals surface area contributed by atoms with Crippen LogP contribution in [0.2, 0.25) is 0 Å². The van der Waals surface area contributed by atoms with E-state index in [0.717, 1.165) is 21.3 Å². The zero-order valence-electron chi connectivity index (χ0n) is 26.6. The Hall–Kier alpha value is -4.43. The molecule has 0 saturated carbocycles. The number of ether oxygens (including phenoxy) is 2. The average molecular weight is 646 g/mol. The summed E-state index contributed by atoms with van der Waals surface area (Å²) in [5.41, 5.74) is -0.479. The number of nitrogens with zero attached hydrogens (tertiary/aromatic N) is 3. The van der Waals surface area contributed by atoms with Crippen LogP contribution in [0.25, 0.3) is 0 Å². The highest BCUT2D eigenvalue weighted by atomic mass is 16.5. The Morgan fingerprint density at radius 1 is 0.848 bits per heavy atom. The molecule has 46 heavy (non-hydrogen) atoms. The first-order chi connectivity index (χ1) is 21.8. The zero-order valence-corrected chi connectivity index (χ0v) is 26.6. The van der Waals surface area contributed by atoms with Crippen LogP contribution in [-0.4, -0.2) is 73.3 Å². The van der Waals surface area contributed by atoms with Gasteiger partial charge in [0.25, 0.3) is 0 Å². The normalized spacial score (nSPS) is 12.3. The van der Waals surface area contributed by atoms with E-state index in [1.807, 2.05) is 25.1 Å². The standard InChI is InChI=1S/C32H43N3O11/c1-5-14-33-30(42)34(18-22(3)36)32(44)35(31(33)43)19-27(39)20-46-29(41)11-7-8-25(37)16-23-13-12-21(2)24(15-23)17-26(38)9-6-10-28(40)45-4/h5,12-13,15,22,27,36,39H,1,6-11,14,16-20H2,2-4H3. The van der Waals surface area contributed by atoms with Gasteiger partial charge in [0, 0.05) is 38.5 Å². The second kappa shape index (κ2) is 18.5. The number of rotatable bonds is 20. The van der Waals surface area contributed by atoms with Crippen molar-refractivity contribution in [3.8, 4) is 0 Å². The van der Waals surface area contributed by atoms with Crippen molar-refractivity contribution in [2.75, 3.05) is 13.7 Å². The molecule has 0 bridgehead atoms. The van der Waals surface area contributed by atoms with Gasteiger partial charge in [-0.3, -0.25) is 19.2 Å². The molecule has 2 aromatic rings. The summed E-state index contributed by atoms with van der Waals surface area (Å²) in [6.45, 7) is 5.04. The van der Waals surface area contributed by atoms with Crippen molar-refractivity contribution in [3.63, 3.8) is 0 Å². The molecular weight excluding hydrogens is 602 g/mol. The minimum Gasteiger partial charge on any atom is -0.469 e. The monoisotopic (exact) mass is 645 g/mol. The number of ketones is 2. The quantitative estimate of drug-likeness (QED) is 0.149. The highest BCUT2D eigenvalue weighted by Crippen LogP contribution is 2.16. The molecular formula is C32H43N3O11. The molecule has 252 valence electrons. The third kappa shape index (κ3) is 11.8. The Morgan fingerprint density at radius 2 is 1.41 bits per heavy atom. The molecule has 0 aliphatic heterocycles. The number of hydrogen-bond acceptors (Lipinski definition) is 11. The Balaban J connectivity index is 1.86. The smallest absolute Gasteiger partial charge is 0.336 e. The van der Waals surface area contributed by atoms with Crippen molar-refractivity contribution in [1.82, 2.24) is 13.7 Å². The number of aliphatic hydroxyl groups is 2. The molecule has 0 aliphatic rings. The highest BCUT2D eigenvalue weighted by Gasteiger charge is 2.19. The molecule has 1 aromatic carbocycles. The van der Waals surface area contributed by atoms with Crippen LogP contribution in [0.3, 0.4) is 0 Å². The Labute approximate surface area is 265 Å². The van der Waals surface area contributed by atoms with Crippen molar-refractivity contribution >= 4 is 23.5 Å². The topological polar surface area (TPSA) is 193 Å². The van der Waals surface area contributed by atoms with Crippen molar-refractivity contribution in [3.05, 3.63) is 79.0 Å². The molecule has 14 heteroatoms. The van der Waals surface area contributed by atoms with E-state index in [4.69, 9.17) is 4.74 Å². The van der Waals surface area contributed by atoms with E-state index in [9.17, 15) is 43.8 Å². The SMILES string of the molecule is C=CCn1c(=O)n(CC(C)O)c(=O)n(CC(O)COC(=O)CCCC(=O)Cc2ccc(C)c(CC(=O)CCCC(=O)OC)c2)c1=O. The minimum absolute atomic E-state index is 0.0173. The number of carbonyl (C=O) groups is 4. The second-order valence-corrected chi connectivity index (χ2v) is 11.1. The fraction of sp³-hybridized carbons (Fsp3) is 0.531. The van der Waals surface area contributed by atoms with Gasteiger partial charge in [0.15, 0.2) is 0 Å². The third-order valence-corrected chi connectivity index (χ3v) is 7.08. The van der Waals surface area contributed by atoms with Gasteiger partial charge in [-0.15, -0.1) is 6.58 Å². The summed E-state index contributed by atoms with van der Waals surface area (Å²) in [6.07, 6.45) is 0.0835. The lowest BCUT2D eigenvalue weighted by atomic mass is 9.96. The largest absolute Gasteiger partial charge is 0.469 e. The molecule has 1 heterocycles. The van der Waals surface area contributed by atoms with Crippen LogP contribution in [0.15, 0.2) is 45.2 Å². The Bertz CT molecular complexity index is 1580. The molecule has 2 rings (SSSR count). The predicted molar refractivity (Wildman–Crippen MR) is 166 cm³/mol. The molecule has 14 nitrogen and oxygen atoms in total. The molecule has 2 unspecified atom stereocenters. The minimum atomic E-state index is -1.46. The zero-order chi connectivity index (χ0) is 34.4. The van der Waals surface area contributed by atoms with Gasteiger partial charge in [0.1, 0.15) is 24.3 Å². The lowest BCUT2D eigenvalue weighted by Crippen LogP contribution is -2.56. The maximum atomic E-state index is 12.8. The van der Waals surface area contributed by atoms with Gasteiger partial charge in [0.05, 0.1) is 32.8 Å². The van der Waals surface area contributed by atoms with Crippen LogP contribution in [0.4, 0.5) is 0 Å². The molecule has 0 amide bonds. The van der Waals surface area contributed by atoms with Gasteiger partial charge >= 0.3 is 29.0 Å². The number of aliphatic hydroxyl groups excluding tert-OH is 2. The van der Waals surface area contributed by atoms with E-state index >= 15 is 0 Å². The highest BCUT2D eigenvalue weighted by molar-refractivity contribution is 5.83. The van der Waals surface area contributed by atoms with Gasteiger partial charge in [-0.25, -0.2) is 28.1 Å². The van der Waals surface area contributed by atoms with Gasteiger partial charge < -0.3 is 19.7 Å². The van der Waals surface area contributed by atoms with Crippen molar-refractivity contribution in [1.29, 1.82) is 0 Å². The Morgan fingerprint density at radius 3 is 2.00 bits per heavy atom. The van der Waals surface area contributed by atoms with E-state index in [2.05, 4.69) is 11.3 Å². The predicted octanol–water partition coefficient (Wildman–Crippen LogP) is 0.388. The van der Waals surface area contributed by atoms with Crippen LogP contribution in [0.1, 0.15) is 62.1 Å². The number of esters is 2. The fourth-order valence-corrected chi connectivity index (χ4v) is 4.67.